The Bertz CT molecular complexity index is 474. The highest BCUT2D eigenvalue weighted by molar-refractivity contribution is 7.89. The highest BCUT2D eigenvalue weighted by atomic mass is 32.2. The molecular weight excluding hydrogens is 234 g/mol. The molecule has 17 heavy (non-hydrogen) atoms. The van der Waals surface area contributed by atoms with Gasteiger partial charge in [-0.15, -0.1) is 6.42 Å². The largest absolute Gasteiger partial charge is 0.213 e. The van der Waals surface area contributed by atoms with Gasteiger partial charge in [0.25, 0.3) is 0 Å². The van der Waals surface area contributed by atoms with Gasteiger partial charge in [0.05, 0.1) is 11.8 Å². The van der Waals surface area contributed by atoms with Gasteiger partial charge in [0, 0.05) is 0 Å². The Balaban J connectivity index is 2.54. The van der Waals surface area contributed by atoms with Gasteiger partial charge in [0.1, 0.15) is 0 Å². The molecule has 1 aromatic rings. The van der Waals surface area contributed by atoms with Crippen LogP contribution in [0.5, 0.6) is 0 Å². The van der Waals surface area contributed by atoms with E-state index in [1.807, 2.05) is 37.3 Å². The van der Waals surface area contributed by atoms with E-state index in [1.54, 1.807) is 0 Å². The molecule has 0 aliphatic rings. The first kappa shape index (κ1) is 13.8. The zero-order valence-electron chi connectivity index (χ0n) is 9.89. The molecule has 0 aliphatic carbocycles. The summed E-state index contributed by atoms with van der Waals surface area (Å²) in [5.74, 6) is 2.48. The highest BCUT2D eigenvalue weighted by Gasteiger charge is 2.14. The minimum atomic E-state index is -3.30. The number of hydrogen-bond donors (Lipinski definition) is 1. The van der Waals surface area contributed by atoms with E-state index in [4.69, 9.17) is 6.42 Å². The van der Waals surface area contributed by atoms with Gasteiger partial charge in [0.2, 0.25) is 10.0 Å². The molecule has 0 amide bonds. The Labute approximate surface area is 103 Å². The quantitative estimate of drug-likeness (QED) is 0.780. The fourth-order valence-electron chi connectivity index (χ4n) is 1.41. The van der Waals surface area contributed by atoms with Gasteiger partial charge in [-0.1, -0.05) is 43.2 Å². The molecule has 1 rings (SSSR count). The minimum absolute atomic E-state index is 0.0647. The Morgan fingerprint density at radius 2 is 2.00 bits per heavy atom. The minimum Gasteiger partial charge on any atom is -0.212 e. The fourth-order valence-corrected chi connectivity index (χ4v) is 2.70. The molecule has 3 nitrogen and oxygen atoms in total. The van der Waals surface area contributed by atoms with Crippen LogP contribution in [0.1, 0.15) is 18.9 Å². The van der Waals surface area contributed by atoms with Gasteiger partial charge in [0.15, 0.2) is 0 Å². The van der Waals surface area contributed by atoms with Crippen molar-refractivity contribution in [3.05, 3.63) is 35.9 Å². The standard InChI is InChI=1S/C13H17NO2S/c1-3-13(4-2)14-17(15,16)11-10-12-8-6-5-7-9-12/h1,5-9,13-14H,4,10-11H2,2H3. The van der Waals surface area contributed by atoms with E-state index >= 15 is 0 Å². The van der Waals surface area contributed by atoms with Gasteiger partial charge in [-0.05, 0) is 18.4 Å². The lowest BCUT2D eigenvalue weighted by molar-refractivity contribution is 0.570. The van der Waals surface area contributed by atoms with E-state index in [1.165, 1.54) is 0 Å². The lowest BCUT2D eigenvalue weighted by Crippen LogP contribution is -2.35. The molecule has 0 spiro atoms. The Kier molecular flexibility index (Phi) is 5.20. The maximum absolute atomic E-state index is 11.7. The summed E-state index contributed by atoms with van der Waals surface area (Å²) in [6, 6.07) is 9.11. The van der Waals surface area contributed by atoms with Crippen LogP contribution in [-0.4, -0.2) is 20.2 Å². The van der Waals surface area contributed by atoms with E-state index < -0.39 is 16.1 Å². The zero-order chi connectivity index (χ0) is 12.7. The normalized spacial score (nSPS) is 12.9. The van der Waals surface area contributed by atoms with Crippen molar-refractivity contribution in [2.24, 2.45) is 0 Å². The fraction of sp³-hybridized carbons (Fsp3) is 0.385. The van der Waals surface area contributed by atoms with Crippen molar-refractivity contribution in [3.63, 3.8) is 0 Å². The van der Waals surface area contributed by atoms with Gasteiger partial charge in [-0.2, -0.15) is 0 Å². The second-order valence-electron chi connectivity index (χ2n) is 3.80. The van der Waals surface area contributed by atoms with Crippen molar-refractivity contribution in [2.45, 2.75) is 25.8 Å². The summed E-state index contributed by atoms with van der Waals surface area (Å²) in [4.78, 5) is 0. The predicted octanol–water partition coefficient (Wildman–Crippen LogP) is 1.56. The Hall–Kier alpha value is -1.31. The number of aryl methyl sites for hydroxylation is 1. The van der Waals surface area contributed by atoms with E-state index in [0.29, 0.717) is 12.8 Å². The number of rotatable bonds is 6. The first-order valence-corrected chi connectivity index (χ1v) is 7.22. The molecule has 0 aliphatic heterocycles. The van der Waals surface area contributed by atoms with Crippen LogP contribution in [0.2, 0.25) is 0 Å². The molecule has 1 unspecified atom stereocenters. The number of nitrogens with one attached hydrogen (secondary N) is 1. The van der Waals surface area contributed by atoms with Crippen LogP contribution < -0.4 is 4.72 Å². The number of sulfonamides is 1. The van der Waals surface area contributed by atoms with Crippen molar-refractivity contribution in [1.82, 2.24) is 4.72 Å². The molecule has 0 fully saturated rings. The van der Waals surface area contributed by atoms with Gasteiger partial charge in [-0.25, -0.2) is 13.1 Å². The highest BCUT2D eigenvalue weighted by Crippen LogP contribution is 2.02. The van der Waals surface area contributed by atoms with Crippen LogP contribution in [0, 0.1) is 12.3 Å². The van der Waals surface area contributed by atoms with Crippen LogP contribution in [0.3, 0.4) is 0 Å². The number of benzene rings is 1. The van der Waals surface area contributed by atoms with Crippen LogP contribution >= 0.6 is 0 Å². The third-order valence-corrected chi connectivity index (χ3v) is 3.82. The molecule has 1 aromatic carbocycles. The Morgan fingerprint density at radius 3 is 2.53 bits per heavy atom. The summed E-state index contributed by atoms with van der Waals surface area (Å²) in [6.45, 7) is 1.85. The van der Waals surface area contributed by atoms with E-state index in [9.17, 15) is 8.42 Å². The maximum atomic E-state index is 11.7. The molecule has 0 radical (unpaired) electrons. The lowest BCUT2D eigenvalue weighted by atomic mass is 10.2. The van der Waals surface area contributed by atoms with Gasteiger partial charge in [-0.3, -0.25) is 0 Å². The van der Waals surface area contributed by atoms with Crippen LogP contribution in [0.25, 0.3) is 0 Å². The molecule has 0 heterocycles. The topological polar surface area (TPSA) is 46.2 Å². The third-order valence-electron chi connectivity index (χ3n) is 2.43. The van der Waals surface area contributed by atoms with Crippen LogP contribution in [0.4, 0.5) is 0 Å². The first-order valence-electron chi connectivity index (χ1n) is 5.57. The third kappa shape index (κ3) is 5.03. The second kappa shape index (κ2) is 6.43. The number of hydrogen-bond acceptors (Lipinski definition) is 2. The van der Waals surface area contributed by atoms with E-state index in [-0.39, 0.29) is 5.75 Å². The monoisotopic (exact) mass is 251 g/mol. The lowest BCUT2D eigenvalue weighted by Gasteiger charge is -2.11. The second-order valence-corrected chi connectivity index (χ2v) is 5.67. The van der Waals surface area contributed by atoms with Crippen molar-refractivity contribution in [1.29, 1.82) is 0 Å². The molecule has 4 heteroatoms. The molecule has 0 aromatic heterocycles. The Morgan fingerprint density at radius 1 is 1.35 bits per heavy atom. The SMILES string of the molecule is C#CC(CC)NS(=O)(=O)CCc1ccccc1. The molecule has 1 atom stereocenters. The first-order chi connectivity index (χ1) is 8.07. The smallest absolute Gasteiger partial charge is 0.212 e. The average molecular weight is 251 g/mol. The van der Waals surface area contributed by atoms with Crippen molar-refractivity contribution in [2.75, 3.05) is 5.75 Å². The summed E-state index contributed by atoms with van der Waals surface area (Å²) < 4.78 is 25.9. The van der Waals surface area contributed by atoms with Crippen LogP contribution in [-0.2, 0) is 16.4 Å². The van der Waals surface area contributed by atoms with Crippen molar-refractivity contribution < 1.29 is 8.42 Å². The average Bonchev–Trinajstić information content (AvgIpc) is 2.35. The summed E-state index contributed by atoms with van der Waals surface area (Å²) >= 11 is 0. The van der Waals surface area contributed by atoms with Gasteiger partial charge >= 0.3 is 0 Å². The molecule has 0 bridgehead atoms. The molecule has 1 N–H and O–H groups in total. The molecule has 0 saturated carbocycles. The van der Waals surface area contributed by atoms with Crippen molar-refractivity contribution in [3.8, 4) is 12.3 Å². The summed E-state index contributed by atoms with van der Waals surface area (Å²) in [5.41, 5.74) is 1.01. The summed E-state index contributed by atoms with van der Waals surface area (Å²) in [7, 11) is -3.30. The zero-order valence-corrected chi connectivity index (χ0v) is 10.7. The predicted molar refractivity (Wildman–Crippen MR) is 70.0 cm³/mol. The number of terminal acetylenes is 1. The van der Waals surface area contributed by atoms with Crippen LogP contribution in [0.15, 0.2) is 30.3 Å². The summed E-state index contributed by atoms with van der Waals surface area (Å²) in [5, 5.41) is 0. The summed E-state index contributed by atoms with van der Waals surface area (Å²) in [6.07, 6.45) is 6.32. The van der Waals surface area contributed by atoms with E-state index in [0.717, 1.165) is 5.56 Å². The molecular formula is C13H17NO2S. The van der Waals surface area contributed by atoms with E-state index in [2.05, 4.69) is 10.6 Å². The maximum Gasteiger partial charge on any atom is 0.213 e. The van der Waals surface area contributed by atoms with Gasteiger partial charge < -0.3 is 0 Å². The molecule has 92 valence electrons. The molecule has 0 saturated heterocycles. The van der Waals surface area contributed by atoms with Crippen molar-refractivity contribution >= 4 is 10.0 Å².